The van der Waals surface area contributed by atoms with Gasteiger partial charge in [0, 0.05) is 6.54 Å². The van der Waals surface area contributed by atoms with Gasteiger partial charge in [0.1, 0.15) is 0 Å². The maximum Gasteiger partial charge on any atom is 0.228 e. The lowest BCUT2D eigenvalue weighted by molar-refractivity contribution is -0.114. The highest BCUT2D eigenvalue weighted by molar-refractivity contribution is 6.64. The van der Waals surface area contributed by atoms with Gasteiger partial charge in [0.15, 0.2) is 5.96 Å². The van der Waals surface area contributed by atoms with E-state index in [2.05, 4.69) is 10.3 Å². The maximum absolute atomic E-state index is 10.5. The van der Waals surface area contributed by atoms with E-state index in [4.69, 9.17) is 17.3 Å². The lowest BCUT2D eigenvalue weighted by Gasteiger charge is -2.16. The molecule has 0 aromatic rings. The van der Waals surface area contributed by atoms with Crippen LogP contribution < -0.4 is 11.1 Å². The molecule has 4 nitrogen and oxygen atoms in total. The fourth-order valence-electron chi connectivity index (χ4n) is 0.709. The van der Waals surface area contributed by atoms with Crippen LogP contribution in [0.1, 0.15) is 0 Å². The Labute approximate surface area is 63.4 Å². The van der Waals surface area contributed by atoms with E-state index >= 15 is 0 Å². The van der Waals surface area contributed by atoms with Crippen LogP contribution in [0.2, 0.25) is 0 Å². The molecular formula is C5H8ClN3O. The van der Waals surface area contributed by atoms with Gasteiger partial charge in [-0.05, 0) is 11.6 Å². The summed E-state index contributed by atoms with van der Waals surface area (Å²) < 4.78 is 0. The Balaban J connectivity index is 2.50. The summed E-state index contributed by atoms with van der Waals surface area (Å²) in [6.45, 7) is 0.902. The number of carbonyl (C=O) groups is 1. The van der Waals surface area contributed by atoms with Crippen molar-refractivity contribution in [3.8, 4) is 0 Å². The second-order valence-corrected chi connectivity index (χ2v) is 2.48. The summed E-state index contributed by atoms with van der Waals surface area (Å²) >= 11 is 5.22. The van der Waals surface area contributed by atoms with Gasteiger partial charge in [-0.2, -0.15) is 0 Å². The van der Waals surface area contributed by atoms with E-state index < -0.39 is 0 Å². The van der Waals surface area contributed by atoms with Gasteiger partial charge in [0.25, 0.3) is 0 Å². The number of guanidine groups is 1. The smallest absolute Gasteiger partial charge is 0.228 e. The van der Waals surface area contributed by atoms with E-state index in [1.165, 1.54) is 0 Å². The zero-order valence-electron chi connectivity index (χ0n) is 5.30. The van der Waals surface area contributed by atoms with Gasteiger partial charge < -0.3 is 11.1 Å². The molecular weight excluding hydrogens is 154 g/mol. The van der Waals surface area contributed by atoms with Crippen LogP contribution in [0, 0.1) is 5.92 Å². The van der Waals surface area contributed by atoms with Crippen molar-refractivity contribution in [2.24, 2.45) is 16.6 Å². The Bertz CT molecular complexity index is 180. The lowest BCUT2D eigenvalue weighted by atomic mass is 10.1. The van der Waals surface area contributed by atoms with E-state index in [9.17, 15) is 4.79 Å². The summed E-state index contributed by atoms with van der Waals surface area (Å²) in [7, 11) is 0. The molecule has 1 unspecified atom stereocenters. The van der Waals surface area contributed by atoms with Crippen molar-refractivity contribution in [3.63, 3.8) is 0 Å². The molecule has 1 aliphatic rings. The van der Waals surface area contributed by atoms with Gasteiger partial charge in [-0.15, -0.1) is 0 Å². The Morgan fingerprint density at radius 2 is 2.60 bits per heavy atom. The van der Waals surface area contributed by atoms with Crippen molar-refractivity contribution in [1.82, 2.24) is 5.32 Å². The van der Waals surface area contributed by atoms with Gasteiger partial charge in [0.05, 0.1) is 12.5 Å². The van der Waals surface area contributed by atoms with Crippen molar-refractivity contribution in [1.29, 1.82) is 0 Å². The Morgan fingerprint density at radius 3 is 3.00 bits per heavy atom. The monoisotopic (exact) mass is 161 g/mol. The van der Waals surface area contributed by atoms with Gasteiger partial charge in [-0.1, -0.05) is 0 Å². The molecule has 0 fully saturated rings. The van der Waals surface area contributed by atoms with Crippen LogP contribution in [0.4, 0.5) is 0 Å². The normalized spacial score (nSPS) is 24.9. The molecule has 0 spiro atoms. The lowest BCUT2D eigenvalue weighted by Crippen LogP contribution is -2.42. The molecule has 1 atom stereocenters. The number of nitrogens with zero attached hydrogens (tertiary/aromatic N) is 1. The average molecular weight is 162 g/mol. The zero-order valence-corrected chi connectivity index (χ0v) is 6.06. The van der Waals surface area contributed by atoms with Crippen LogP contribution in [0.3, 0.4) is 0 Å². The van der Waals surface area contributed by atoms with Crippen LogP contribution >= 0.6 is 11.6 Å². The number of carbonyl (C=O) groups excluding carboxylic acids is 1. The number of halogens is 1. The molecule has 1 rings (SSSR count). The standard InChI is InChI=1S/C5H8ClN3O/c6-4(10)3-1-8-5(7)9-2-3/h3H,1-2H2,(H3,7,8,9). The van der Waals surface area contributed by atoms with Crippen LogP contribution in [0.25, 0.3) is 0 Å². The van der Waals surface area contributed by atoms with Crippen molar-refractivity contribution < 1.29 is 4.79 Å². The quantitative estimate of drug-likeness (QED) is 0.499. The molecule has 0 aromatic heterocycles. The predicted molar refractivity (Wildman–Crippen MR) is 38.8 cm³/mol. The molecule has 0 saturated heterocycles. The fraction of sp³-hybridized carbons (Fsp3) is 0.600. The minimum absolute atomic E-state index is 0.214. The van der Waals surface area contributed by atoms with E-state index in [1.54, 1.807) is 0 Å². The molecule has 0 radical (unpaired) electrons. The predicted octanol–water partition coefficient (Wildman–Crippen LogP) is -0.714. The van der Waals surface area contributed by atoms with E-state index in [0.29, 0.717) is 19.0 Å². The van der Waals surface area contributed by atoms with Crippen LogP contribution in [-0.4, -0.2) is 24.3 Å². The Hall–Kier alpha value is -0.770. The summed E-state index contributed by atoms with van der Waals surface area (Å²) in [5, 5.41) is 2.38. The number of rotatable bonds is 1. The number of nitrogens with two attached hydrogens (primary N) is 1. The molecule has 0 aliphatic carbocycles. The van der Waals surface area contributed by atoms with Crippen LogP contribution in [0.15, 0.2) is 4.99 Å². The van der Waals surface area contributed by atoms with Crippen LogP contribution in [-0.2, 0) is 4.79 Å². The van der Waals surface area contributed by atoms with Gasteiger partial charge >= 0.3 is 0 Å². The summed E-state index contributed by atoms with van der Waals surface area (Å²) in [5.41, 5.74) is 5.28. The first-order chi connectivity index (χ1) is 4.70. The first kappa shape index (κ1) is 7.34. The second kappa shape index (κ2) is 2.88. The molecule has 5 heteroatoms. The molecule has 1 heterocycles. The van der Waals surface area contributed by atoms with Crippen molar-refractivity contribution in [2.75, 3.05) is 13.1 Å². The molecule has 56 valence electrons. The third kappa shape index (κ3) is 1.60. The number of hydrogen-bond acceptors (Lipinski definition) is 4. The number of hydrogen-bond donors (Lipinski definition) is 2. The molecule has 0 saturated carbocycles. The SMILES string of the molecule is NC1=NCC(C(=O)Cl)CN1. The highest BCUT2D eigenvalue weighted by atomic mass is 35.5. The summed E-state index contributed by atoms with van der Waals surface area (Å²) in [4.78, 5) is 14.3. The Morgan fingerprint density at radius 1 is 1.90 bits per heavy atom. The van der Waals surface area contributed by atoms with E-state index in [1.807, 2.05) is 0 Å². The highest BCUT2D eigenvalue weighted by Gasteiger charge is 2.18. The topological polar surface area (TPSA) is 67.5 Å². The summed E-state index contributed by atoms with van der Waals surface area (Å²) in [6.07, 6.45) is 0. The van der Waals surface area contributed by atoms with Gasteiger partial charge in [-0.25, -0.2) is 0 Å². The minimum atomic E-state index is -0.358. The van der Waals surface area contributed by atoms with Gasteiger partial charge in [0.2, 0.25) is 5.24 Å². The van der Waals surface area contributed by atoms with Crippen molar-refractivity contribution in [3.05, 3.63) is 0 Å². The molecule has 3 N–H and O–H groups in total. The van der Waals surface area contributed by atoms with Crippen molar-refractivity contribution >= 4 is 22.8 Å². The Kier molecular flexibility index (Phi) is 2.11. The molecule has 0 aromatic carbocycles. The highest BCUT2D eigenvalue weighted by Crippen LogP contribution is 2.03. The number of nitrogens with one attached hydrogen (secondary N) is 1. The minimum Gasteiger partial charge on any atom is -0.370 e. The van der Waals surface area contributed by atoms with Crippen LogP contribution in [0.5, 0.6) is 0 Å². The molecule has 1 aliphatic heterocycles. The maximum atomic E-state index is 10.5. The molecule has 10 heavy (non-hydrogen) atoms. The van der Waals surface area contributed by atoms with E-state index in [-0.39, 0.29) is 11.2 Å². The first-order valence-corrected chi connectivity index (χ1v) is 3.31. The third-order valence-electron chi connectivity index (χ3n) is 1.33. The summed E-state index contributed by atoms with van der Waals surface area (Å²) in [6, 6.07) is 0. The third-order valence-corrected chi connectivity index (χ3v) is 1.64. The largest absolute Gasteiger partial charge is 0.370 e. The molecule has 0 amide bonds. The van der Waals surface area contributed by atoms with E-state index in [0.717, 1.165) is 0 Å². The summed E-state index contributed by atoms with van der Waals surface area (Å²) in [5.74, 6) is 0.170. The second-order valence-electron chi connectivity index (χ2n) is 2.11. The van der Waals surface area contributed by atoms with Gasteiger partial charge in [-0.3, -0.25) is 9.79 Å². The first-order valence-electron chi connectivity index (χ1n) is 2.93. The zero-order chi connectivity index (χ0) is 7.56. The average Bonchev–Trinajstić information content (AvgIpc) is 1.88. The number of aliphatic imine (C=N–C) groups is 1. The molecule has 0 bridgehead atoms. The fourth-order valence-corrected chi connectivity index (χ4v) is 0.855. The van der Waals surface area contributed by atoms with Crippen molar-refractivity contribution in [2.45, 2.75) is 0 Å².